The van der Waals surface area contributed by atoms with Gasteiger partial charge in [0, 0.05) is 5.41 Å². The second-order valence-electron chi connectivity index (χ2n) is 7.28. The molecule has 1 saturated heterocycles. The first kappa shape index (κ1) is 18.3. The van der Waals surface area contributed by atoms with Gasteiger partial charge in [-0.1, -0.05) is 51.1 Å². The topological polar surface area (TPSA) is 64.6 Å². The molecule has 1 N–H and O–H groups in total. The number of hydrogen-bond acceptors (Lipinski definition) is 4. The number of unbranched alkanes of at least 4 members (excludes halogenated alkanes) is 2. The molecular weight excluding hydrogens is 306 g/mol. The van der Waals surface area contributed by atoms with Crippen molar-refractivity contribution in [2.24, 2.45) is 5.41 Å². The first-order valence-corrected chi connectivity index (χ1v) is 8.55. The zero-order valence-electron chi connectivity index (χ0n) is 14.7. The fourth-order valence-electron chi connectivity index (χ4n) is 2.72. The van der Waals surface area contributed by atoms with Gasteiger partial charge in [0.1, 0.15) is 6.10 Å². The molecule has 0 aromatic heterocycles. The van der Waals surface area contributed by atoms with Crippen LogP contribution in [0.25, 0.3) is 0 Å². The van der Waals surface area contributed by atoms with E-state index in [4.69, 9.17) is 9.47 Å². The molecule has 0 saturated carbocycles. The van der Waals surface area contributed by atoms with Crippen LogP contribution in [0.5, 0.6) is 0 Å². The van der Waals surface area contributed by atoms with Crippen LogP contribution in [0.4, 0.5) is 4.79 Å². The molecule has 0 radical (unpaired) electrons. The quantitative estimate of drug-likeness (QED) is 0.613. The SMILES string of the molecule is CC(C)(C)[C@H]1OC(=O)C1NC(=O)OCCCCCc1ccccc1. The van der Waals surface area contributed by atoms with Gasteiger partial charge >= 0.3 is 12.1 Å². The third-order valence-electron chi connectivity index (χ3n) is 4.11. The van der Waals surface area contributed by atoms with Crippen molar-refractivity contribution in [3.8, 4) is 0 Å². The molecule has 1 aliphatic heterocycles. The van der Waals surface area contributed by atoms with Crippen LogP contribution in [0.1, 0.15) is 45.6 Å². The molecule has 24 heavy (non-hydrogen) atoms. The summed E-state index contributed by atoms with van der Waals surface area (Å²) in [7, 11) is 0. The fourth-order valence-corrected chi connectivity index (χ4v) is 2.72. The van der Waals surface area contributed by atoms with Crippen LogP contribution in [0, 0.1) is 5.41 Å². The van der Waals surface area contributed by atoms with Gasteiger partial charge in [-0.2, -0.15) is 0 Å². The van der Waals surface area contributed by atoms with Crippen molar-refractivity contribution < 1.29 is 19.1 Å². The molecule has 0 bridgehead atoms. The van der Waals surface area contributed by atoms with E-state index in [9.17, 15) is 9.59 Å². The Morgan fingerprint density at radius 2 is 1.88 bits per heavy atom. The van der Waals surface area contributed by atoms with E-state index in [2.05, 4.69) is 17.4 Å². The Kier molecular flexibility index (Phi) is 6.23. The van der Waals surface area contributed by atoms with Crippen molar-refractivity contribution in [3.63, 3.8) is 0 Å². The Morgan fingerprint density at radius 3 is 2.50 bits per heavy atom. The van der Waals surface area contributed by atoms with Crippen molar-refractivity contribution in [2.45, 2.75) is 58.6 Å². The molecule has 0 aliphatic carbocycles. The van der Waals surface area contributed by atoms with Crippen molar-refractivity contribution in [1.82, 2.24) is 5.32 Å². The number of hydrogen-bond donors (Lipinski definition) is 1. The van der Waals surface area contributed by atoms with Gasteiger partial charge in [-0.15, -0.1) is 0 Å². The molecule has 0 spiro atoms. The number of ether oxygens (including phenoxy) is 2. The summed E-state index contributed by atoms with van der Waals surface area (Å²) >= 11 is 0. The molecule has 1 unspecified atom stereocenters. The Balaban J connectivity index is 1.57. The van der Waals surface area contributed by atoms with Crippen LogP contribution in [-0.4, -0.2) is 30.8 Å². The van der Waals surface area contributed by atoms with Crippen LogP contribution in [-0.2, 0) is 20.7 Å². The third kappa shape index (κ3) is 5.25. The molecule has 1 aliphatic rings. The predicted octanol–water partition coefficient (Wildman–Crippen LogP) is 3.47. The van der Waals surface area contributed by atoms with Crippen LogP contribution in [0.2, 0.25) is 0 Å². The van der Waals surface area contributed by atoms with E-state index in [1.54, 1.807) is 0 Å². The number of amides is 1. The monoisotopic (exact) mass is 333 g/mol. The highest BCUT2D eigenvalue weighted by Gasteiger charge is 2.50. The summed E-state index contributed by atoms with van der Waals surface area (Å²) in [6.07, 6.45) is 3.07. The summed E-state index contributed by atoms with van der Waals surface area (Å²) in [5, 5.41) is 2.60. The standard InChI is InChI=1S/C19H27NO4/c1-19(2,3)16-15(17(21)24-16)20-18(22)23-13-9-5-8-12-14-10-6-4-7-11-14/h4,6-7,10-11,15-16H,5,8-9,12-13H2,1-3H3,(H,20,22)/t15?,16-/m0/s1. The summed E-state index contributed by atoms with van der Waals surface area (Å²) < 4.78 is 10.3. The van der Waals surface area contributed by atoms with E-state index in [-0.39, 0.29) is 11.5 Å². The summed E-state index contributed by atoms with van der Waals surface area (Å²) in [5.41, 5.74) is 1.12. The number of nitrogens with one attached hydrogen (secondary N) is 1. The third-order valence-corrected chi connectivity index (χ3v) is 4.11. The van der Waals surface area contributed by atoms with Gasteiger partial charge in [-0.05, 0) is 31.2 Å². The van der Waals surface area contributed by atoms with Crippen molar-refractivity contribution >= 4 is 12.1 Å². The van der Waals surface area contributed by atoms with Gasteiger partial charge in [0.15, 0.2) is 6.04 Å². The molecule has 1 amide bonds. The summed E-state index contributed by atoms with van der Waals surface area (Å²) in [6, 6.07) is 9.73. The maximum absolute atomic E-state index is 11.8. The van der Waals surface area contributed by atoms with E-state index in [0.29, 0.717) is 6.61 Å². The number of alkyl carbamates (subject to hydrolysis) is 1. The molecule has 1 fully saturated rings. The molecule has 132 valence electrons. The largest absolute Gasteiger partial charge is 0.457 e. The maximum Gasteiger partial charge on any atom is 0.407 e. The number of esters is 1. The van der Waals surface area contributed by atoms with Gasteiger partial charge in [0.2, 0.25) is 0 Å². The second kappa shape index (κ2) is 8.18. The van der Waals surface area contributed by atoms with Crippen LogP contribution < -0.4 is 5.32 Å². The van der Waals surface area contributed by atoms with Crippen molar-refractivity contribution in [1.29, 1.82) is 0 Å². The molecule has 2 atom stereocenters. The number of cyclic esters (lactones) is 1. The van der Waals surface area contributed by atoms with Gasteiger partial charge in [0.05, 0.1) is 6.61 Å². The molecule has 5 nitrogen and oxygen atoms in total. The highest BCUT2D eigenvalue weighted by molar-refractivity contribution is 5.86. The Labute approximate surface area is 143 Å². The maximum atomic E-state index is 11.8. The minimum absolute atomic E-state index is 0.205. The number of rotatable bonds is 7. The smallest absolute Gasteiger partial charge is 0.407 e. The molecule has 1 aromatic carbocycles. The first-order valence-electron chi connectivity index (χ1n) is 8.55. The van der Waals surface area contributed by atoms with Crippen LogP contribution in [0.3, 0.4) is 0 Å². The molecule has 1 aromatic rings. The minimum Gasteiger partial charge on any atom is -0.457 e. The lowest BCUT2D eigenvalue weighted by atomic mass is 9.81. The Morgan fingerprint density at radius 1 is 1.17 bits per heavy atom. The van der Waals surface area contributed by atoms with E-state index in [1.165, 1.54) is 5.56 Å². The zero-order chi connectivity index (χ0) is 17.6. The van der Waals surface area contributed by atoms with E-state index in [1.807, 2.05) is 39.0 Å². The highest BCUT2D eigenvalue weighted by Crippen LogP contribution is 2.32. The summed E-state index contributed by atoms with van der Waals surface area (Å²) in [5.74, 6) is -0.394. The average molecular weight is 333 g/mol. The predicted molar refractivity (Wildman–Crippen MR) is 91.6 cm³/mol. The van der Waals surface area contributed by atoms with Gasteiger partial charge in [-0.25, -0.2) is 9.59 Å². The zero-order valence-corrected chi connectivity index (χ0v) is 14.7. The van der Waals surface area contributed by atoms with E-state index < -0.39 is 18.1 Å². The Bertz CT molecular complexity index is 550. The second-order valence-corrected chi connectivity index (χ2v) is 7.28. The van der Waals surface area contributed by atoms with Crippen LogP contribution >= 0.6 is 0 Å². The van der Waals surface area contributed by atoms with E-state index >= 15 is 0 Å². The van der Waals surface area contributed by atoms with Crippen molar-refractivity contribution in [3.05, 3.63) is 35.9 Å². The lowest BCUT2D eigenvalue weighted by Gasteiger charge is -2.42. The lowest BCUT2D eigenvalue weighted by Crippen LogP contribution is -2.64. The van der Waals surface area contributed by atoms with Crippen molar-refractivity contribution in [2.75, 3.05) is 6.61 Å². The number of carbonyl (C=O) groups is 2. The molecule has 5 heteroatoms. The molecule has 1 heterocycles. The first-order chi connectivity index (χ1) is 11.4. The van der Waals surface area contributed by atoms with Gasteiger partial charge in [0.25, 0.3) is 0 Å². The Hall–Kier alpha value is -2.04. The molecular formula is C19H27NO4. The number of carbonyl (C=O) groups excluding carboxylic acids is 2. The van der Waals surface area contributed by atoms with E-state index in [0.717, 1.165) is 25.7 Å². The number of benzene rings is 1. The van der Waals surface area contributed by atoms with Gasteiger partial charge in [-0.3, -0.25) is 0 Å². The fraction of sp³-hybridized carbons (Fsp3) is 0.579. The average Bonchev–Trinajstić information content (AvgIpc) is 2.53. The van der Waals surface area contributed by atoms with Crippen LogP contribution in [0.15, 0.2) is 30.3 Å². The normalized spacial score (nSPS) is 20.0. The minimum atomic E-state index is -0.601. The lowest BCUT2D eigenvalue weighted by molar-refractivity contribution is -0.188. The molecule has 2 rings (SSSR count). The number of aryl methyl sites for hydroxylation is 1. The highest BCUT2D eigenvalue weighted by atomic mass is 16.6. The summed E-state index contributed by atoms with van der Waals surface area (Å²) in [4.78, 5) is 23.3. The summed E-state index contributed by atoms with van der Waals surface area (Å²) in [6.45, 7) is 6.27. The van der Waals surface area contributed by atoms with Gasteiger partial charge < -0.3 is 14.8 Å².